The molecular formula is C25H24N4O. The molecule has 2 unspecified atom stereocenters. The molecule has 1 aromatic heterocycles. The third kappa shape index (κ3) is 3.76. The molecule has 2 aliphatic rings. The number of aromatic nitrogens is 1. The number of nitrogens with one attached hydrogen (secondary N) is 2. The van der Waals surface area contributed by atoms with Gasteiger partial charge < -0.3 is 10.6 Å². The topological polar surface area (TPSA) is 66.4 Å². The summed E-state index contributed by atoms with van der Waals surface area (Å²) < 4.78 is 0. The summed E-state index contributed by atoms with van der Waals surface area (Å²) in [6.07, 6.45) is 4.42. The molecule has 0 radical (unpaired) electrons. The van der Waals surface area contributed by atoms with Gasteiger partial charge in [0.2, 0.25) is 5.91 Å². The number of fused-ring (bicyclic) bond motifs is 1. The van der Waals surface area contributed by atoms with E-state index in [-0.39, 0.29) is 11.8 Å². The number of carbonyl (C=O) groups excluding carboxylic acids is 1. The zero-order valence-electron chi connectivity index (χ0n) is 16.7. The lowest BCUT2D eigenvalue weighted by Crippen LogP contribution is -2.40. The molecule has 30 heavy (non-hydrogen) atoms. The lowest BCUT2D eigenvalue weighted by Gasteiger charge is -2.29. The van der Waals surface area contributed by atoms with Gasteiger partial charge in [-0.3, -0.25) is 14.8 Å². The molecule has 5 heteroatoms. The molecule has 150 valence electrons. The van der Waals surface area contributed by atoms with Crippen molar-refractivity contribution < 1.29 is 4.79 Å². The number of anilines is 1. The number of hydrogen-bond acceptors (Lipinski definition) is 4. The van der Waals surface area contributed by atoms with Crippen LogP contribution in [0.15, 0.2) is 78.0 Å². The largest absolute Gasteiger partial charge is 0.326 e. The van der Waals surface area contributed by atoms with Crippen molar-refractivity contribution >= 4 is 17.3 Å². The van der Waals surface area contributed by atoms with E-state index in [2.05, 4.69) is 45.9 Å². The fourth-order valence-electron chi connectivity index (χ4n) is 4.38. The number of rotatable bonds is 4. The first-order valence-corrected chi connectivity index (χ1v) is 10.4. The SMILES string of the molecule is O=C(Nc1ccc2c(c1)C(c1ccncc1)=NC2)C1CNCC(c2ccccc2)C1. The van der Waals surface area contributed by atoms with Gasteiger partial charge in [0.05, 0.1) is 18.2 Å². The normalized spacial score (nSPS) is 20.3. The summed E-state index contributed by atoms with van der Waals surface area (Å²) in [5, 5.41) is 6.57. The predicted octanol–water partition coefficient (Wildman–Crippen LogP) is 3.76. The van der Waals surface area contributed by atoms with E-state index in [1.165, 1.54) is 11.1 Å². The van der Waals surface area contributed by atoms with E-state index in [9.17, 15) is 4.79 Å². The molecule has 2 atom stereocenters. The van der Waals surface area contributed by atoms with Gasteiger partial charge in [-0.15, -0.1) is 0 Å². The highest BCUT2D eigenvalue weighted by Gasteiger charge is 2.28. The Balaban J connectivity index is 1.31. The van der Waals surface area contributed by atoms with Crippen molar-refractivity contribution in [2.75, 3.05) is 18.4 Å². The standard InChI is InChI=1S/C25H24N4O/c30-25(21-12-20(14-27-15-21)17-4-2-1-3-5-17)29-22-7-6-19-16-28-24(23(19)13-22)18-8-10-26-11-9-18/h1-11,13,20-21,27H,12,14-16H2,(H,29,30). The molecule has 5 nitrogen and oxygen atoms in total. The van der Waals surface area contributed by atoms with Crippen molar-refractivity contribution in [3.63, 3.8) is 0 Å². The third-order valence-corrected chi connectivity index (χ3v) is 5.99. The minimum atomic E-state index is -0.0504. The number of piperidine rings is 1. The van der Waals surface area contributed by atoms with Crippen molar-refractivity contribution in [3.05, 3.63) is 95.3 Å². The second-order valence-corrected chi connectivity index (χ2v) is 7.96. The lowest BCUT2D eigenvalue weighted by atomic mass is 9.85. The second kappa shape index (κ2) is 8.20. The van der Waals surface area contributed by atoms with Crippen LogP contribution in [-0.4, -0.2) is 29.7 Å². The maximum atomic E-state index is 13.0. The van der Waals surface area contributed by atoms with Crippen LogP contribution >= 0.6 is 0 Å². The highest BCUT2D eigenvalue weighted by Crippen LogP contribution is 2.29. The molecule has 2 aromatic carbocycles. The van der Waals surface area contributed by atoms with Crippen molar-refractivity contribution in [3.8, 4) is 0 Å². The van der Waals surface area contributed by atoms with Gasteiger partial charge in [-0.2, -0.15) is 0 Å². The lowest BCUT2D eigenvalue weighted by molar-refractivity contribution is -0.120. The zero-order chi connectivity index (χ0) is 20.3. The number of hydrogen-bond donors (Lipinski definition) is 2. The van der Waals surface area contributed by atoms with E-state index in [0.717, 1.165) is 35.5 Å². The molecule has 0 bridgehead atoms. The van der Waals surface area contributed by atoms with Crippen LogP contribution in [-0.2, 0) is 11.3 Å². The van der Waals surface area contributed by atoms with Gasteiger partial charge in [-0.05, 0) is 47.7 Å². The minimum Gasteiger partial charge on any atom is -0.326 e. The Morgan fingerprint density at radius 1 is 1.00 bits per heavy atom. The van der Waals surface area contributed by atoms with Gasteiger partial charge in [-0.25, -0.2) is 0 Å². The van der Waals surface area contributed by atoms with Crippen LogP contribution in [0.2, 0.25) is 0 Å². The Labute approximate surface area is 176 Å². The summed E-state index contributed by atoms with van der Waals surface area (Å²) in [7, 11) is 0. The molecule has 1 fully saturated rings. The molecule has 0 spiro atoms. The van der Waals surface area contributed by atoms with Gasteiger partial charge in [-0.1, -0.05) is 36.4 Å². The van der Waals surface area contributed by atoms with E-state index >= 15 is 0 Å². The van der Waals surface area contributed by atoms with Crippen molar-refractivity contribution in [1.29, 1.82) is 0 Å². The predicted molar refractivity (Wildman–Crippen MR) is 119 cm³/mol. The maximum absolute atomic E-state index is 13.0. The van der Waals surface area contributed by atoms with Crippen LogP contribution in [0.25, 0.3) is 0 Å². The Morgan fingerprint density at radius 2 is 1.83 bits per heavy atom. The second-order valence-electron chi connectivity index (χ2n) is 7.96. The number of nitrogens with zero attached hydrogens (tertiary/aromatic N) is 2. The zero-order valence-corrected chi connectivity index (χ0v) is 16.7. The Hall–Kier alpha value is -3.31. The summed E-state index contributed by atoms with van der Waals surface area (Å²) in [5.41, 5.74) is 6.40. The Bertz CT molecular complexity index is 1080. The fourth-order valence-corrected chi connectivity index (χ4v) is 4.38. The molecule has 2 aliphatic heterocycles. The molecule has 3 heterocycles. The summed E-state index contributed by atoms with van der Waals surface area (Å²) in [4.78, 5) is 21.8. The average Bonchev–Trinajstić information content (AvgIpc) is 3.23. The van der Waals surface area contributed by atoms with E-state index in [4.69, 9.17) is 4.99 Å². The number of carbonyl (C=O) groups is 1. The number of benzene rings is 2. The van der Waals surface area contributed by atoms with Crippen molar-refractivity contribution in [1.82, 2.24) is 10.3 Å². The molecule has 0 aliphatic carbocycles. The quantitative estimate of drug-likeness (QED) is 0.706. The van der Waals surface area contributed by atoms with Crippen molar-refractivity contribution in [2.45, 2.75) is 18.9 Å². The summed E-state index contributed by atoms with van der Waals surface area (Å²) >= 11 is 0. The first kappa shape index (κ1) is 18.7. The average molecular weight is 396 g/mol. The Morgan fingerprint density at radius 3 is 2.67 bits per heavy atom. The first-order chi connectivity index (χ1) is 14.8. The van der Waals surface area contributed by atoms with E-state index in [0.29, 0.717) is 19.0 Å². The molecule has 5 rings (SSSR count). The molecule has 3 aromatic rings. The highest BCUT2D eigenvalue weighted by atomic mass is 16.1. The van der Waals surface area contributed by atoms with Gasteiger partial charge in [0, 0.05) is 42.3 Å². The summed E-state index contributed by atoms with van der Waals surface area (Å²) in [5.74, 6) is 0.384. The third-order valence-electron chi connectivity index (χ3n) is 5.99. The van der Waals surface area contributed by atoms with Crippen LogP contribution < -0.4 is 10.6 Å². The number of aliphatic imine (C=N–C) groups is 1. The van der Waals surface area contributed by atoms with Gasteiger partial charge in [0.1, 0.15) is 0 Å². The van der Waals surface area contributed by atoms with E-state index in [1.54, 1.807) is 12.4 Å². The smallest absolute Gasteiger partial charge is 0.228 e. The molecule has 1 saturated heterocycles. The van der Waals surface area contributed by atoms with Crippen LogP contribution in [0.4, 0.5) is 5.69 Å². The maximum Gasteiger partial charge on any atom is 0.228 e. The van der Waals surface area contributed by atoms with Crippen molar-refractivity contribution in [2.24, 2.45) is 10.9 Å². The van der Waals surface area contributed by atoms with Gasteiger partial charge in [0.25, 0.3) is 0 Å². The number of pyridine rings is 1. The van der Waals surface area contributed by atoms with Gasteiger partial charge in [0.15, 0.2) is 0 Å². The van der Waals surface area contributed by atoms with E-state index < -0.39 is 0 Å². The Kier molecular flexibility index (Phi) is 5.11. The monoisotopic (exact) mass is 396 g/mol. The number of amides is 1. The summed E-state index contributed by atoms with van der Waals surface area (Å²) in [6, 6.07) is 20.5. The first-order valence-electron chi connectivity index (χ1n) is 10.4. The minimum absolute atomic E-state index is 0.0504. The van der Waals surface area contributed by atoms with Crippen LogP contribution in [0, 0.1) is 5.92 Å². The van der Waals surface area contributed by atoms with Crippen LogP contribution in [0.3, 0.4) is 0 Å². The highest BCUT2D eigenvalue weighted by molar-refractivity contribution is 6.15. The van der Waals surface area contributed by atoms with E-state index in [1.807, 2.05) is 30.3 Å². The molecule has 0 saturated carbocycles. The molecule has 1 amide bonds. The van der Waals surface area contributed by atoms with Crippen LogP contribution in [0.5, 0.6) is 0 Å². The van der Waals surface area contributed by atoms with Gasteiger partial charge >= 0.3 is 0 Å². The summed E-state index contributed by atoms with van der Waals surface area (Å²) in [6.45, 7) is 2.30. The fraction of sp³-hybridized carbons (Fsp3) is 0.240. The van der Waals surface area contributed by atoms with Crippen LogP contribution in [0.1, 0.15) is 34.6 Å². The molecular weight excluding hydrogens is 372 g/mol. The molecule has 2 N–H and O–H groups in total.